The largest absolute Gasteiger partial charge is 0.491 e. The van der Waals surface area contributed by atoms with Crippen LogP contribution < -0.4 is 10.1 Å². The fourth-order valence-electron chi connectivity index (χ4n) is 2.82. The number of carbonyl (C=O) groups excluding carboxylic acids is 1. The maximum Gasteiger partial charge on any atom is 0.234 e. The lowest BCUT2D eigenvalue weighted by Crippen LogP contribution is -2.49. The Morgan fingerprint density at radius 2 is 1.88 bits per heavy atom. The molecule has 1 N–H and O–H groups in total. The highest BCUT2D eigenvalue weighted by Gasteiger charge is 2.23. The average Bonchev–Trinajstić information content (AvgIpc) is 2.53. The molecular weight excluding hydrogens is 308 g/mol. The Hall–Kier alpha value is -1.63. The molecule has 0 aromatic heterocycles. The molecule has 1 aliphatic rings. The molecule has 2 rings (SSSR count). The summed E-state index contributed by atoms with van der Waals surface area (Å²) < 4.78 is 16.1. The van der Waals surface area contributed by atoms with Gasteiger partial charge in [0.25, 0.3) is 0 Å². The van der Waals surface area contributed by atoms with E-state index in [1.165, 1.54) is 0 Å². The van der Waals surface area contributed by atoms with E-state index in [4.69, 9.17) is 14.2 Å². The lowest BCUT2D eigenvalue weighted by Gasteiger charge is -2.34. The summed E-state index contributed by atoms with van der Waals surface area (Å²) in [5.41, 5.74) is 1.05. The molecule has 0 saturated carbocycles. The van der Waals surface area contributed by atoms with Crippen molar-refractivity contribution in [3.8, 4) is 5.75 Å². The SMILES string of the molecule is COCCOc1ccc(CNC(=O)CN2CC(C)OC(C)C2)cc1. The Labute approximate surface area is 144 Å². The third kappa shape index (κ3) is 6.47. The average molecular weight is 336 g/mol. The molecule has 24 heavy (non-hydrogen) atoms. The van der Waals surface area contributed by atoms with Crippen molar-refractivity contribution >= 4 is 5.91 Å². The molecule has 1 heterocycles. The van der Waals surface area contributed by atoms with E-state index in [0.717, 1.165) is 24.4 Å². The lowest BCUT2D eigenvalue weighted by atomic mass is 10.2. The summed E-state index contributed by atoms with van der Waals surface area (Å²) in [6, 6.07) is 7.73. The van der Waals surface area contributed by atoms with E-state index in [9.17, 15) is 4.79 Å². The first-order chi connectivity index (χ1) is 11.6. The molecular formula is C18H28N2O4. The van der Waals surface area contributed by atoms with Crippen molar-refractivity contribution in [2.24, 2.45) is 0 Å². The van der Waals surface area contributed by atoms with E-state index in [1.807, 2.05) is 38.1 Å². The second-order valence-electron chi connectivity index (χ2n) is 6.21. The topological polar surface area (TPSA) is 60.0 Å². The summed E-state index contributed by atoms with van der Waals surface area (Å²) >= 11 is 0. The molecule has 1 amide bonds. The predicted octanol–water partition coefficient (Wildman–Crippen LogP) is 1.44. The van der Waals surface area contributed by atoms with Gasteiger partial charge < -0.3 is 19.5 Å². The zero-order valence-corrected chi connectivity index (χ0v) is 14.8. The van der Waals surface area contributed by atoms with Crippen molar-refractivity contribution in [1.29, 1.82) is 0 Å². The van der Waals surface area contributed by atoms with Gasteiger partial charge in [0.1, 0.15) is 12.4 Å². The van der Waals surface area contributed by atoms with Crippen molar-refractivity contribution in [3.63, 3.8) is 0 Å². The molecule has 1 aromatic carbocycles. The summed E-state index contributed by atoms with van der Waals surface area (Å²) in [6.45, 7) is 7.70. The zero-order valence-electron chi connectivity index (χ0n) is 14.8. The fourth-order valence-corrected chi connectivity index (χ4v) is 2.82. The van der Waals surface area contributed by atoms with Crippen LogP contribution in [0.25, 0.3) is 0 Å². The van der Waals surface area contributed by atoms with E-state index in [0.29, 0.717) is 26.3 Å². The lowest BCUT2D eigenvalue weighted by molar-refractivity contribution is -0.126. The van der Waals surface area contributed by atoms with E-state index in [1.54, 1.807) is 7.11 Å². The monoisotopic (exact) mass is 336 g/mol. The molecule has 2 atom stereocenters. The summed E-state index contributed by atoms with van der Waals surface area (Å²) in [6.07, 6.45) is 0.347. The van der Waals surface area contributed by atoms with Crippen LogP contribution in [0.2, 0.25) is 0 Å². The second kappa shape index (κ2) is 9.61. The van der Waals surface area contributed by atoms with Crippen LogP contribution in [0.15, 0.2) is 24.3 Å². The number of hydrogen-bond donors (Lipinski definition) is 1. The van der Waals surface area contributed by atoms with Crippen molar-refractivity contribution in [2.75, 3.05) is 40.0 Å². The van der Waals surface area contributed by atoms with Gasteiger partial charge in [0.2, 0.25) is 5.91 Å². The van der Waals surface area contributed by atoms with E-state index in [-0.39, 0.29) is 18.1 Å². The Morgan fingerprint density at radius 3 is 2.50 bits per heavy atom. The molecule has 0 aliphatic carbocycles. The minimum Gasteiger partial charge on any atom is -0.491 e. The van der Waals surface area contributed by atoms with Gasteiger partial charge in [-0.3, -0.25) is 9.69 Å². The molecule has 1 aliphatic heterocycles. The first-order valence-corrected chi connectivity index (χ1v) is 8.42. The number of carbonyl (C=O) groups is 1. The number of nitrogens with zero attached hydrogens (tertiary/aromatic N) is 1. The molecule has 134 valence electrons. The van der Waals surface area contributed by atoms with Crippen LogP contribution in [-0.4, -0.2) is 63.0 Å². The minimum atomic E-state index is 0.0386. The van der Waals surface area contributed by atoms with Crippen LogP contribution in [0.4, 0.5) is 0 Å². The Balaban J connectivity index is 1.71. The molecule has 6 heteroatoms. The van der Waals surface area contributed by atoms with Gasteiger partial charge >= 0.3 is 0 Å². The van der Waals surface area contributed by atoms with Gasteiger partial charge in [-0.25, -0.2) is 0 Å². The summed E-state index contributed by atoms with van der Waals surface area (Å²) in [5.74, 6) is 0.843. The Morgan fingerprint density at radius 1 is 1.21 bits per heavy atom. The van der Waals surface area contributed by atoms with Gasteiger partial charge in [-0.1, -0.05) is 12.1 Å². The minimum absolute atomic E-state index is 0.0386. The molecule has 0 spiro atoms. The van der Waals surface area contributed by atoms with Gasteiger partial charge in [0.05, 0.1) is 25.4 Å². The van der Waals surface area contributed by atoms with Crippen molar-refractivity contribution in [3.05, 3.63) is 29.8 Å². The molecule has 2 unspecified atom stereocenters. The maximum absolute atomic E-state index is 12.1. The number of hydrogen-bond acceptors (Lipinski definition) is 5. The zero-order chi connectivity index (χ0) is 17.4. The summed E-state index contributed by atoms with van der Waals surface area (Å²) in [5, 5.41) is 2.97. The van der Waals surface area contributed by atoms with Crippen LogP contribution >= 0.6 is 0 Å². The molecule has 6 nitrogen and oxygen atoms in total. The van der Waals surface area contributed by atoms with E-state index in [2.05, 4.69) is 10.2 Å². The van der Waals surface area contributed by atoms with Crippen molar-refractivity contribution in [1.82, 2.24) is 10.2 Å². The first-order valence-electron chi connectivity index (χ1n) is 8.42. The van der Waals surface area contributed by atoms with Crippen LogP contribution in [0.5, 0.6) is 5.75 Å². The van der Waals surface area contributed by atoms with Crippen LogP contribution in [0.3, 0.4) is 0 Å². The van der Waals surface area contributed by atoms with Crippen LogP contribution in [0.1, 0.15) is 19.4 Å². The third-order valence-electron chi connectivity index (χ3n) is 3.83. The molecule has 1 fully saturated rings. The number of rotatable bonds is 8. The fraction of sp³-hybridized carbons (Fsp3) is 0.611. The standard InChI is InChI=1S/C18H28N2O4/c1-14-11-20(12-15(2)24-14)13-18(21)19-10-16-4-6-17(7-5-16)23-9-8-22-3/h4-7,14-15H,8-13H2,1-3H3,(H,19,21). The first kappa shape index (κ1) is 18.7. The van der Waals surface area contributed by atoms with Gasteiger partial charge in [0, 0.05) is 26.7 Å². The highest BCUT2D eigenvalue weighted by Crippen LogP contribution is 2.12. The van der Waals surface area contributed by atoms with Crippen molar-refractivity contribution < 1.29 is 19.0 Å². The molecule has 0 radical (unpaired) electrons. The van der Waals surface area contributed by atoms with Gasteiger partial charge in [-0.05, 0) is 31.5 Å². The molecule has 1 saturated heterocycles. The predicted molar refractivity (Wildman–Crippen MR) is 92.1 cm³/mol. The quantitative estimate of drug-likeness (QED) is 0.728. The smallest absolute Gasteiger partial charge is 0.234 e. The summed E-state index contributed by atoms with van der Waals surface area (Å²) in [4.78, 5) is 14.2. The van der Waals surface area contributed by atoms with Gasteiger partial charge in [-0.2, -0.15) is 0 Å². The van der Waals surface area contributed by atoms with Crippen molar-refractivity contribution in [2.45, 2.75) is 32.6 Å². The van der Waals surface area contributed by atoms with Crippen LogP contribution in [0, 0.1) is 0 Å². The van der Waals surface area contributed by atoms with E-state index >= 15 is 0 Å². The molecule has 0 bridgehead atoms. The van der Waals surface area contributed by atoms with Gasteiger partial charge in [0.15, 0.2) is 0 Å². The number of nitrogens with one attached hydrogen (secondary N) is 1. The Bertz CT molecular complexity index is 496. The number of morpholine rings is 1. The highest BCUT2D eigenvalue weighted by molar-refractivity contribution is 5.78. The second-order valence-corrected chi connectivity index (χ2v) is 6.21. The maximum atomic E-state index is 12.1. The van der Waals surface area contributed by atoms with Gasteiger partial charge in [-0.15, -0.1) is 0 Å². The van der Waals surface area contributed by atoms with E-state index < -0.39 is 0 Å². The number of amides is 1. The third-order valence-corrected chi connectivity index (χ3v) is 3.83. The normalized spacial score (nSPS) is 21.5. The number of ether oxygens (including phenoxy) is 3. The van der Waals surface area contributed by atoms with Crippen LogP contribution in [-0.2, 0) is 20.8 Å². The summed E-state index contributed by atoms with van der Waals surface area (Å²) in [7, 11) is 1.65. The number of methoxy groups -OCH3 is 1. The molecule has 1 aromatic rings. The number of benzene rings is 1. The highest BCUT2D eigenvalue weighted by atomic mass is 16.5. The Kier molecular flexibility index (Phi) is 7.49.